The fourth-order valence-electron chi connectivity index (χ4n) is 2.77. The zero-order valence-corrected chi connectivity index (χ0v) is 17.0. The summed E-state index contributed by atoms with van der Waals surface area (Å²) in [4.78, 5) is 39.7. The zero-order valence-electron chi connectivity index (χ0n) is 16.1. The van der Waals surface area contributed by atoms with E-state index < -0.39 is 11.9 Å². The fourth-order valence-corrected chi connectivity index (χ4v) is 2.87. The van der Waals surface area contributed by atoms with Crippen LogP contribution >= 0.6 is 12.2 Å². The maximum atomic E-state index is 12.2. The van der Waals surface area contributed by atoms with Crippen LogP contribution in [0, 0.1) is 0 Å². The highest BCUT2D eigenvalue weighted by Gasteiger charge is 2.20. The number of nitrogens with zero attached hydrogens (tertiary/aromatic N) is 3. The summed E-state index contributed by atoms with van der Waals surface area (Å²) in [7, 11) is 1.71. The van der Waals surface area contributed by atoms with Crippen molar-refractivity contribution in [2.24, 2.45) is 0 Å². The molecule has 160 valence electrons. The Balaban J connectivity index is 2.54. The molecule has 0 saturated carbocycles. The molecule has 0 aromatic heterocycles. The third-order valence-corrected chi connectivity index (χ3v) is 4.59. The van der Waals surface area contributed by atoms with Crippen LogP contribution in [0.3, 0.4) is 0 Å². The molecular weight excluding hydrogens is 388 g/mol. The smallest absolute Gasteiger partial charge is 0.317 e. The lowest BCUT2D eigenvalue weighted by Crippen LogP contribution is -2.45. The summed E-state index contributed by atoms with van der Waals surface area (Å²) < 4.78 is 0. The molecule has 0 aliphatic carbocycles. The standard InChI is InChI=1S/C16H30N6O5S/c1-17-16(28)19-3-2-18-13(23)10-20-4-6-21(11-14(24)25)8-9-22(7-5-20)12-15(26)27/h2-12H2,1H3,(H,18,23)(H,24,25)(H,26,27)(H2,17,19,28). The van der Waals surface area contributed by atoms with Crippen LogP contribution in [0.15, 0.2) is 0 Å². The number of thiocarbonyl (C=S) groups is 1. The van der Waals surface area contributed by atoms with Crippen molar-refractivity contribution in [2.75, 3.05) is 79.0 Å². The van der Waals surface area contributed by atoms with Crippen molar-refractivity contribution in [3.8, 4) is 0 Å². The average Bonchev–Trinajstić information content (AvgIpc) is 2.70. The van der Waals surface area contributed by atoms with Crippen molar-refractivity contribution in [3.05, 3.63) is 0 Å². The third kappa shape index (κ3) is 11.0. The van der Waals surface area contributed by atoms with E-state index in [0.29, 0.717) is 57.5 Å². The van der Waals surface area contributed by atoms with Gasteiger partial charge >= 0.3 is 11.9 Å². The van der Waals surface area contributed by atoms with E-state index in [0.717, 1.165) is 0 Å². The largest absolute Gasteiger partial charge is 0.480 e. The monoisotopic (exact) mass is 418 g/mol. The summed E-state index contributed by atoms with van der Waals surface area (Å²) in [5.74, 6) is -2.01. The number of carboxylic acids is 2. The summed E-state index contributed by atoms with van der Waals surface area (Å²) in [6.07, 6.45) is 0. The SMILES string of the molecule is CNC(=S)NCCNC(=O)CN1CCN(CC(=O)O)CCN(CC(=O)O)CC1. The Morgan fingerprint density at radius 2 is 1.18 bits per heavy atom. The molecule has 0 atom stereocenters. The van der Waals surface area contributed by atoms with Gasteiger partial charge in [-0.05, 0) is 12.2 Å². The number of rotatable bonds is 9. The third-order valence-electron chi connectivity index (χ3n) is 4.24. The molecule has 0 unspecified atom stereocenters. The molecule has 0 bridgehead atoms. The van der Waals surface area contributed by atoms with E-state index in [9.17, 15) is 14.4 Å². The first-order valence-electron chi connectivity index (χ1n) is 9.13. The molecule has 12 heteroatoms. The van der Waals surface area contributed by atoms with Crippen LogP contribution in [0.4, 0.5) is 0 Å². The van der Waals surface area contributed by atoms with Gasteiger partial charge in [-0.15, -0.1) is 0 Å². The molecule has 1 aliphatic heterocycles. The van der Waals surface area contributed by atoms with Crippen LogP contribution in [0.2, 0.25) is 0 Å². The lowest BCUT2D eigenvalue weighted by atomic mass is 10.4. The predicted molar refractivity (Wildman–Crippen MR) is 107 cm³/mol. The summed E-state index contributed by atoms with van der Waals surface area (Å²) >= 11 is 4.95. The molecule has 1 aliphatic rings. The number of amides is 1. The maximum Gasteiger partial charge on any atom is 0.317 e. The molecular formula is C16H30N6O5S. The van der Waals surface area contributed by atoms with E-state index in [4.69, 9.17) is 22.4 Å². The Kier molecular flexibility index (Phi) is 11.3. The highest BCUT2D eigenvalue weighted by molar-refractivity contribution is 7.80. The van der Waals surface area contributed by atoms with Gasteiger partial charge in [-0.25, -0.2) is 0 Å². The highest BCUT2D eigenvalue weighted by atomic mass is 32.1. The second-order valence-electron chi connectivity index (χ2n) is 6.47. The molecule has 0 radical (unpaired) electrons. The van der Waals surface area contributed by atoms with E-state index in [2.05, 4.69) is 16.0 Å². The Bertz CT molecular complexity index is 522. The quantitative estimate of drug-likeness (QED) is 0.197. The normalized spacial score (nSPS) is 17.0. The molecule has 1 amide bonds. The first kappa shape index (κ1) is 24.0. The predicted octanol–water partition coefficient (Wildman–Crippen LogP) is -2.71. The average molecular weight is 419 g/mol. The van der Waals surface area contributed by atoms with Gasteiger partial charge in [0.15, 0.2) is 5.11 Å². The minimum absolute atomic E-state index is 0.113. The van der Waals surface area contributed by atoms with Gasteiger partial charge in [-0.3, -0.25) is 29.1 Å². The summed E-state index contributed by atoms with van der Waals surface area (Å²) in [5.41, 5.74) is 0. The van der Waals surface area contributed by atoms with Gasteiger partial charge in [-0.2, -0.15) is 0 Å². The molecule has 28 heavy (non-hydrogen) atoms. The van der Waals surface area contributed by atoms with Crippen molar-refractivity contribution < 1.29 is 24.6 Å². The molecule has 0 spiro atoms. The van der Waals surface area contributed by atoms with Crippen LogP contribution < -0.4 is 16.0 Å². The van der Waals surface area contributed by atoms with E-state index in [1.807, 2.05) is 4.90 Å². The lowest BCUT2D eigenvalue weighted by Gasteiger charge is -2.24. The molecule has 0 aromatic rings. The number of nitrogens with one attached hydrogen (secondary N) is 3. The second-order valence-corrected chi connectivity index (χ2v) is 6.88. The molecule has 0 aromatic carbocycles. The van der Waals surface area contributed by atoms with Gasteiger partial charge < -0.3 is 26.2 Å². The molecule has 1 saturated heterocycles. The van der Waals surface area contributed by atoms with Gasteiger partial charge in [0.25, 0.3) is 0 Å². The van der Waals surface area contributed by atoms with Gasteiger partial charge in [0.05, 0.1) is 19.6 Å². The molecule has 1 rings (SSSR count). The van der Waals surface area contributed by atoms with Gasteiger partial charge in [0.1, 0.15) is 0 Å². The Hall–Kier alpha value is -2.02. The summed E-state index contributed by atoms with van der Waals surface area (Å²) in [6, 6.07) is 0. The van der Waals surface area contributed by atoms with Crippen LogP contribution in [-0.2, 0) is 14.4 Å². The Morgan fingerprint density at radius 1 is 0.786 bits per heavy atom. The Morgan fingerprint density at radius 3 is 1.57 bits per heavy atom. The minimum Gasteiger partial charge on any atom is -0.480 e. The van der Waals surface area contributed by atoms with Crippen molar-refractivity contribution >= 4 is 35.2 Å². The molecule has 11 nitrogen and oxygen atoms in total. The van der Waals surface area contributed by atoms with Crippen LogP contribution in [0.5, 0.6) is 0 Å². The van der Waals surface area contributed by atoms with Crippen molar-refractivity contribution in [1.82, 2.24) is 30.7 Å². The minimum atomic E-state index is -0.930. The van der Waals surface area contributed by atoms with Crippen LogP contribution in [-0.4, -0.2) is 127 Å². The first-order valence-corrected chi connectivity index (χ1v) is 9.54. The lowest BCUT2D eigenvalue weighted by molar-refractivity contribution is -0.140. The summed E-state index contributed by atoms with van der Waals surface area (Å²) in [6.45, 7) is 3.86. The number of hydrogen-bond donors (Lipinski definition) is 5. The van der Waals surface area contributed by atoms with Crippen LogP contribution in [0.1, 0.15) is 0 Å². The maximum absolute atomic E-state index is 12.2. The van der Waals surface area contributed by atoms with Crippen LogP contribution in [0.25, 0.3) is 0 Å². The van der Waals surface area contributed by atoms with Crippen molar-refractivity contribution in [3.63, 3.8) is 0 Å². The number of carbonyl (C=O) groups excluding carboxylic acids is 1. The van der Waals surface area contributed by atoms with E-state index >= 15 is 0 Å². The number of carboxylic acid groups (broad SMARTS) is 2. The number of carbonyl (C=O) groups is 3. The van der Waals surface area contributed by atoms with E-state index in [1.54, 1.807) is 16.8 Å². The first-order chi connectivity index (χ1) is 13.3. The Labute approximate surface area is 170 Å². The number of aliphatic carboxylic acids is 2. The fraction of sp³-hybridized carbons (Fsp3) is 0.750. The molecule has 1 heterocycles. The van der Waals surface area contributed by atoms with Gasteiger partial charge in [-0.1, -0.05) is 0 Å². The van der Waals surface area contributed by atoms with Crippen molar-refractivity contribution in [2.45, 2.75) is 0 Å². The summed E-state index contributed by atoms with van der Waals surface area (Å²) in [5, 5.41) is 27.1. The second kappa shape index (κ2) is 13.2. The molecule has 1 fully saturated rings. The zero-order chi connectivity index (χ0) is 20.9. The molecule has 5 N–H and O–H groups in total. The van der Waals surface area contributed by atoms with E-state index in [-0.39, 0.29) is 25.5 Å². The van der Waals surface area contributed by atoms with Gasteiger partial charge in [0, 0.05) is 59.4 Å². The highest BCUT2D eigenvalue weighted by Crippen LogP contribution is 2.01. The van der Waals surface area contributed by atoms with Gasteiger partial charge in [0.2, 0.25) is 5.91 Å². The topological polar surface area (TPSA) is 137 Å². The van der Waals surface area contributed by atoms with Crippen molar-refractivity contribution in [1.29, 1.82) is 0 Å². The van der Waals surface area contributed by atoms with E-state index in [1.165, 1.54) is 0 Å². The number of hydrogen-bond acceptors (Lipinski definition) is 7.